The van der Waals surface area contributed by atoms with Gasteiger partial charge in [0, 0.05) is 5.41 Å². The van der Waals surface area contributed by atoms with Crippen LogP contribution in [0.25, 0.3) is 0 Å². The topological polar surface area (TPSA) is 33.1 Å². The third kappa shape index (κ3) is 5.88. The molecular formula is C16H33NO. The Hall–Kier alpha value is -0.530. The van der Waals surface area contributed by atoms with Crippen LogP contribution in [0.4, 0.5) is 0 Å². The number of ether oxygens (including phenoxy) is 1. The van der Waals surface area contributed by atoms with Gasteiger partial charge in [-0.25, -0.2) is 0 Å². The van der Waals surface area contributed by atoms with Crippen LogP contribution in [0.15, 0.2) is 0 Å². The highest BCUT2D eigenvalue weighted by Crippen LogP contribution is 2.35. The Bertz CT molecular complexity index is 239. The zero-order valence-electron chi connectivity index (χ0n) is 13.3. The molecule has 0 saturated carbocycles. The summed E-state index contributed by atoms with van der Waals surface area (Å²) >= 11 is 0. The van der Waals surface area contributed by atoms with E-state index in [0.29, 0.717) is 11.8 Å². The maximum absolute atomic E-state index is 8.30. The van der Waals surface area contributed by atoms with Crippen molar-refractivity contribution in [1.82, 2.24) is 0 Å². The van der Waals surface area contributed by atoms with Crippen molar-refractivity contribution in [2.75, 3.05) is 0 Å². The van der Waals surface area contributed by atoms with Gasteiger partial charge in [-0.15, -0.1) is 0 Å². The first kappa shape index (κ1) is 17.5. The fourth-order valence-corrected chi connectivity index (χ4v) is 2.22. The van der Waals surface area contributed by atoms with Crippen molar-refractivity contribution in [3.05, 3.63) is 0 Å². The smallest absolute Gasteiger partial charge is 0.186 e. The molecule has 0 aromatic rings. The zero-order chi connectivity index (χ0) is 14.2. The van der Waals surface area contributed by atoms with Crippen LogP contribution in [0.2, 0.25) is 0 Å². The normalized spacial score (nSPS) is 17.9. The minimum Gasteiger partial charge on any atom is -0.478 e. The molecule has 0 saturated heterocycles. The predicted molar refractivity (Wildman–Crippen MR) is 80.3 cm³/mol. The average Bonchev–Trinajstić information content (AvgIpc) is 2.35. The van der Waals surface area contributed by atoms with Crippen LogP contribution < -0.4 is 0 Å². The van der Waals surface area contributed by atoms with Crippen molar-refractivity contribution in [2.45, 2.75) is 86.2 Å². The Morgan fingerprint density at radius 2 is 1.78 bits per heavy atom. The van der Waals surface area contributed by atoms with Gasteiger partial charge in [0.25, 0.3) is 0 Å². The molecule has 18 heavy (non-hydrogen) atoms. The molecule has 2 nitrogen and oxygen atoms in total. The first-order chi connectivity index (χ1) is 8.39. The molecule has 0 rings (SSSR count). The van der Waals surface area contributed by atoms with Gasteiger partial charge in [-0.1, -0.05) is 53.9 Å². The lowest BCUT2D eigenvalue weighted by molar-refractivity contribution is 0.151. The van der Waals surface area contributed by atoms with Crippen molar-refractivity contribution in [2.24, 2.45) is 11.3 Å². The molecule has 0 aliphatic heterocycles. The first-order valence-corrected chi connectivity index (χ1v) is 7.65. The second-order valence-corrected chi connectivity index (χ2v) is 6.05. The van der Waals surface area contributed by atoms with E-state index < -0.39 is 0 Å². The maximum atomic E-state index is 8.30. The molecule has 3 unspecified atom stereocenters. The van der Waals surface area contributed by atoms with Crippen LogP contribution in [-0.4, -0.2) is 12.0 Å². The van der Waals surface area contributed by atoms with Crippen molar-refractivity contribution in [1.29, 1.82) is 5.41 Å². The Morgan fingerprint density at radius 3 is 2.22 bits per heavy atom. The van der Waals surface area contributed by atoms with Crippen LogP contribution in [0.1, 0.15) is 80.1 Å². The van der Waals surface area contributed by atoms with Crippen LogP contribution in [0, 0.1) is 16.7 Å². The summed E-state index contributed by atoms with van der Waals surface area (Å²) in [7, 11) is 0. The molecule has 0 aliphatic carbocycles. The number of nitrogens with one attached hydrogen (secondary N) is 1. The lowest BCUT2D eigenvalue weighted by Gasteiger charge is -2.33. The van der Waals surface area contributed by atoms with Gasteiger partial charge in [0.05, 0.1) is 6.10 Å². The Labute approximate surface area is 114 Å². The summed E-state index contributed by atoms with van der Waals surface area (Å²) in [5.41, 5.74) is -0.0745. The second-order valence-electron chi connectivity index (χ2n) is 6.05. The van der Waals surface area contributed by atoms with Crippen molar-refractivity contribution >= 4 is 5.90 Å². The lowest BCUT2D eigenvalue weighted by atomic mass is 9.76. The van der Waals surface area contributed by atoms with Gasteiger partial charge in [0.15, 0.2) is 5.90 Å². The van der Waals surface area contributed by atoms with Crippen LogP contribution in [0.3, 0.4) is 0 Å². The van der Waals surface area contributed by atoms with Gasteiger partial charge in [0.1, 0.15) is 0 Å². The molecule has 1 N–H and O–H groups in total. The van der Waals surface area contributed by atoms with E-state index in [9.17, 15) is 0 Å². The molecule has 0 aromatic carbocycles. The molecule has 108 valence electrons. The molecule has 0 amide bonds. The van der Waals surface area contributed by atoms with Gasteiger partial charge >= 0.3 is 0 Å². The molecule has 0 heterocycles. The van der Waals surface area contributed by atoms with E-state index in [-0.39, 0.29) is 11.5 Å². The van der Waals surface area contributed by atoms with E-state index in [0.717, 1.165) is 19.3 Å². The minimum atomic E-state index is -0.0745. The van der Waals surface area contributed by atoms with Gasteiger partial charge < -0.3 is 4.74 Å². The maximum Gasteiger partial charge on any atom is 0.186 e. The van der Waals surface area contributed by atoms with Gasteiger partial charge in [-0.05, 0) is 32.1 Å². The highest BCUT2D eigenvalue weighted by molar-refractivity contribution is 5.79. The highest BCUT2D eigenvalue weighted by atomic mass is 16.5. The summed E-state index contributed by atoms with van der Waals surface area (Å²) in [4.78, 5) is 0. The molecule has 0 bridgehead atoms. The van der Waals surface area contributed by atoms with E-state index in [2.05, 4.69) is 41.5 Å². The first-order valence-electron chi connectivity index (χ1n) is 7.65. The Balaban J connectivity index is 4.67. The molecule has 0 spiro atoms. The summed E-state index contributed by atoms with van der Waals surface area (Å²) in [6.45, 7) is 13.1. The van der Waals surface area contributed by atoms with Gasteiger partial charge in [-0.3, -0.25) is 5.41 Å². The summed E-state index contributed by atoms with van der Waals surface area (Å²) in [5.74, 6) is 1.17. The highest BCUT2D eigenvalue weighted by Gasteiger charge is 2.32. The Kier molecular flexibility index (Phi) is 8.30. The van der Waals surface area contributed by atoms with Crippen molar-refractivity contribution in [3.8, 4) is 0 Å². The fraction of sp³-hybridized carbons (Fsp3) is 0.938. The zero-order valence-corrected chi connectivity index (χ0v) is 13.3. The summed E-state index contributed by atoms with van der Waals surface area (Å²) in [6, 6.07) is 0. The number of hydrogen-bond acceptors (Lipinski definition) is 2. The third-order valence-corrected chi connectivity index (χ3v) is 4.02. The molecule has 0 fully saturated rings. The second kappa shape index (κ2) is 8.55. The summed E-state index contributed by atoms with van der Waals surface area (Å²) in [6.07, 6.45) is 6.82. The van der Waals surface area contributed by atoms with Crippen molar-refractivity contribution in [3.63, 3.8) is 0 Å². The molecule has 0 aromatic heterocycles. The van der Waals surface area contributed by atoms with E-state index in [1.807, 2.05) is 0 Å². The molecular weight excluding hydrogens is 222 g/mol. The van der Waals surface area contributed by atoms with Crippen LogP contribution in [-0.2, 0) is 4.74 Å². The molecule has 3 atom stereocenters. The molecule has 0 aliphatic rings. The van der Waals surface area contributed by atoms with Gasteiger partial charge in [-0.2, -0.15) is 0 Å². The number of hydrogen-bond donors (Lipinski definition) is 1. The largest absolute Gasteiger partial charge is 0.478 e. The van der Waals surface area contributed by atoms with Gasteiger partial charge in [0.2, 0.25) is 0 Å². The quantitative estimate of drug-likeness (QED) is 0.433. The monoisotopic (exact) mass is 255 g/mol. The molecule has 2 heteroatoms. The van der Waals surface area contributed by atoms with Crippen LogP contribution >= 0.6 is 0 Å². The number of rotatable bonds is 9. The Morgan fingerprint density at radius 1 is 1.17 bits per heavy atom. The van der Waals surface area contributed by atoms with E-state index in [1.54, 1.807) is 0 Å². The van der Waals surface area contributed by atoms with E-state index >= 15 is 0 Å². The standard InChI is InChI=1S/C16H33NO/c1-7-10-11-16(6,12-13(4)8-2)15(17)18-14(5)9-3/h13-14,17H,7-12H2,1-6H3. The predicted octanol–water partition coefficient (Wildman–Crippen LogP) is 5.41. The van der Waals surface area contributed by atoms with Crippen LogP contribution in [0.5, 0.6) is 0 Å². The number of unbranched alkanes of at least 4 members (excludes halogenated alkanes) is 1. The van der Waals surface area contributed by atoms with E-state index in [1.165, 1.54) is 19.3 Å². The fourth-order valence-electron chi connectivity index (χ4n) is 2.22. The molecule has 0 radical (unpaired) electrons. The SMILES string of the molecule is CCCCC(C)(CC(C)CC)C(=N)OC(C)CC. The lowest BCUT2D eigenvalue weighted by Crippen LogP contribution is -2.33. The summed E-state index contributed by atoms with van der Waals surface area (Å²) < 4.78 is 5.79. The third-order valence-electron chi connectivity index (χ3n) is 4.02. The minimum absolute atomic E-state index is 0.0745. The van der Waals surface area contributed by atoms with Crippen molar-refractivity contribution < 1.29 is 4.74 Å². The summed E-state index contributed by atoms with van der Waals surface area (Å²) in [5, 5.41) is 8.30. The van der Waals surface area contributed by atoms with E-state index in [4.69, 9.17) is 10.1 Å². The average molecular weight is 255 g/mol.